The summed E-state index contributed by atoms with van der Waals surface area (Å²) in [5.74, 6) is -1.81. The van der Waals surface area contributed by atoms with E-state index in [1.807, 2.05) is 0 Å². The number of aromatic hydroxyl groups is 2. The third-order valence-electron chi connectivity index (χ3n) is 6.98. The van der Waals surface area contributed by atoms with E-state index in [1.54, 1.807) is 0 Å². The quantitative estimate of drug-likeness (QED) is 0.135. The molecule has 222 valence electrons. The molecule has 41 heavy (non-hydrogen) atoms. The van der Waals surface area contributed by atoms with Gasteiger partial charge in [0.1, 0.15) is 47.5 Å². The molecule has 3 aromatic rings. The number of phenolic OH excluding ortho intramolecular Hbond substituents is 2. The van der Waals surface area contributed by atoms with Crippen molar-refractivity contribution in [2.24, 2.45) is 0 Å². The molecule has 0 saturated carbocycles. The molecule has 15 nitrogen and oxygen atoms in total. The summed E-state index contributed by atoms with van der Waals surface area (Å²) in [7, 11) is 0. The van der Waals surface area contributed by atoms with Crippen LogP contribution in [0.15, 0.2) is 45.6 Å². The van der Waals surface area contributed by atoms with Crippen LogP contribution in [-0.4, -0.2) is 114 Å². The third kappa shape index (κ3) is 5.19. The summed E-state index contributed by atoms with van der Waals surface area (Å²) in [5.41, 5.74) is -2.70. The molecule has 0 aliphatic carbocycles. The van der Waals surface area contributed by atoms with Crippen molar-refractivity contribution >= 4 is 11.0 Å². The van der Waals surface area contributed by atoms with Crippen molar-refractivity contribution in [1.82, 2.24) is 0 Å². The first kappa shape index (κ1) is 29.0. The highest BCUT2D eigenvalue weighted by molar-refractivity contribution is 5.85. The average molecular weight is 580 g/mol. The fourth-order valence-corrected chi connectivity index (χ4v) is 4.49. The maximum absolute atomic E-state index is 13.5. The lowest BCUT2D eigenvalue weighted by atomic mass is 9.99. The van der Waals surface area contributed by atoms with Crippen molar-refractivity contribution in [3.05, 3.63) is 46.6 Å². The second-order valence-electron chi connectivity index (χ2n) is 9.77. The predicted molar refractivity (Wildman–Crippen MR) is 134 cm³/mol. The summed E-state index contributed by atoms with van der Waals surface area (Å²) in [6.07, 6.45) is -11.2. The number of hydrogen-bond acceptors (Lipinski definition) is 15. The number of ether oxygens (including phenoxy) is 4. The van der Waals surface area contributed by atoms with Crippen LogP contribution in [0.1, 0.15) is 0 Å². The Morgan fingerprint density at radius 3 is 2.22 bits per heavy atom. The molecule has 2 saturated heterocycles. The van der Waals surface area contributed by atoms with E-state index in [4.69, 9.17) is 23.4 Å². The van der Waals surface area contributed by atoms with Crippen LogP contribution in [0, 0.1) is 0 Å². The molecular formula is C26H28O15. The molecule has 0 bridgehead atoms. The molecule has 9 N–H and O–H groups in total. The Kier molecular flexibility index (Phi) is 7.82. The van der Waals surface area contributed by atoms with E-state index in [0.717, 1.165) is 12.1 Å². The van der Waals surface area contributed by atoms with Crippen molar-refractivity contribution in [2.45, 2.75) is 48.7 Å². The van der Waals surface area contributed by atoms with E-state index in [2.05, 4.69) is 0 Å². The van der Waals surface area contributed by atoms with Gasteiger partial charge in [0, 0.05) is 11.6 Å². The molecule has 5 rings (SSSR count). The first-order chi connectivity index (χ1) is 19.5. The summed E-state index contributed by atoms with van der Waals surface area (Å²) >= 11 is 0. The molecule has 0 amide bonds. The van der Waals surface area contributed by atoms with Crippen LogP contribution in [0.3, 0.4) is 0 Å². The molecule has 2 aliphatic rings. The van der Waals surface area contributed by atoms with Gasteiger partial charge in [-0.05, 0) is 30.3 Å². The molecule has 2 aliphatic heterocycles. The Hall–Kier alpha value is -3.51. The lowest BCUT2D eigenvalue weighted by molar-refractivity contribution is -0.277. The van der Waals surface area contributed by atoms with Gasteiger partial charge in [-0.15, -0.1) is 0 Å². The normalized spacial score (nSPS) is 31.8. The van der Waals surface area contributed by atoms with E-state index in [1.165, 1.54) is 24.3 Å². The van der Waals surface area contributed by atoms with Crippen molar-refractivity contribution < 1.29 is 69.3 Å². The van der Waals surface area contributed by atoms with E-state index in [9.17, 15) is 50.8 Å². The smallest absolute Gasteiger partial charge is 0.235 e. The number of benzene rings is 2. The summed E-state index contributed by atoms with van der Waals surface area (Å²) in [6.45, 7) is -1.86. The minimum absolute atomic E-state index is 0.146. The molecule has 3 heterocycles. The SMILES string of the molecule is O=c1c(O[C@@H]2O[C@H](CO)[C@@H](O)[C@H](O)[C@H]2O)c(-c2ccc(O[C@@H]3OC[C@@](O)(CO)[C@H]3O)cc2)oc2cc(O)c(O)cc12. The Balaban J connectivity index is 1.52. The fraction of sp³-hybridized carbons (Fsp3) is 0.423. The Bertz CT molecular complexity index is 1450. The summed E-state index contributed by atoms with van der Waals surface area (Å²) < 4.78 is 27.6. The maximum Gasteiger partial charge on any atom is 0.235 e. The number of phenols is 2. The van der Waals surface area contributed by atoms with Gasteiger partial charge in [-0.2, -0.15) is 0 Å². The second kappa shape index (κ2) is 11.1. The Morgan fingerprint density at radius 2 is 1.59 bits per heavy atom. The summed E-state index contributed by atoms with van der Waals surface area (Å²) in [4.78, 5) is 13.5. The zero-order valence-electron chi connectivity index (χ0n) is 21.1. The minimum Gasteiger partial charge on any atom is -0.504 e. The van der Waals surface area contributed by atoms with Crippen LogP contribution in [0.4, 0.5) is 0 Å². The van der Waals surface area contributed by atoms with Gasteiger partial charge in [0.25, 0.3) is 0 Å². The van der Waals surface area contributed by atoms with E-state index >= 15 is 0 Å². The van der Waals surface area contributed by atoms with Crippen LogP contribution < -0.4 is 14.9 Å². The first-order valence-corrected chi connectivity index (χ1v) is 12.4. The van der Waals surface area contributed by atoms with E-state index < -0.39 is 84.6 Å². The zero-order chi connectivity index (χ0) is 29.6. The lowest BCUT2D eigenvalue weighted by Crippen LogP contribution is -2.60. The fourth-order valence-electron chi connectivity index (χ4n) is 4.49. The highest BCUT2D eigenvalue weighted by Gasteiger charge is 2.49. The average Bonchev–Trinajstić information content (AvgIpc) is 3.25. The van der Waals surface area contributed by atoms with Crippen molar-refractivity contribution in [1.29, 1.82) is 0 Å². The van der Waals surface area contributed by atoms with E-state index in [-0.39, 0.29) is 34.6 Å². The number of rotatable bonds is 7. The van der Waals surface area contributed by atoms with E-state index in [0.29, 0.717) is 0 Å². The van der Waals surface area contributed by atoms with Crippen LogP contribution >= 0.6 is 0 Å². The topological polar surface area (TPSA) is 249 Å². The van der Waals surface area contributed by atoms with Gasteiger partial charge in [-0.1, -0.05) is 0 Å². The highest BCUT2D eigenvalue weighted by atomic mass is 16.7. The third-order valence-corrected chi connectivity index (χ3v) is 6.98. The Morgan fingerprint density at radius 1 is 0.902 bits per heavy atom. The van der Waals surface area contributed by atoms with Gasteiger partial charge in [-0.25, -0.2) is 0 Å². The van der Waals surface area contributed by atoms with Gasteiger partial charge >= 0.3 is 0 Å². The number of aliphatic hydroxyl groups is 7. The predicted octanol–water partition coefficient (Wildman–Crippen LogP) is -2.13. The zero-order valence-corrected chi connectivity index (χ0v) is 21.1. The monoisotopic (exact) mass is 580 g/mol. The van der Waals surface area contributed by atoms with Crippen molar-refractivity contribution in [2.75, 3.05) is 19.8 Å². The molecule has 0 unspecified atom stereocenters. The van der Waals surface area contributed by atoms with Gasteiger partial charge in [0.2, 0.25) is 23.8 Å². The summed E-state index contributed by atoms with van der Waals surface area (Å²) in [6, 6.07) is 7.58. The second-order valence-corrected chi connectivity index (χ2v) is 9.77. The van der Waals surface area contributed by atoms with Gasteiger partial charge in [-0.3, -0.25) is 4.79 Å². The van der Waals surface area contributed by atoms with Gasteiger partial charge < -0.3 is 69.3 Å². The van der Waals surface area contributed by atoms with Crippen molar-refractivity contribution in [3.8, 4) is 34.3 Å². The largest absolute Gasteiger partial charge is 0.504 e. The van der Waals surface area contributed by atoms with Crippen LogP contribution in [0.25, 0.3) is 22.3 Å². The molecular weight excluding hydrogens is 552 g/mol. The molecule has 0 spiro atoms. The minimum atomic E-state index is -1.89. The highest BCUT2D eigenvalue weighted by Crippen LogP contribution is 2.37. The molecule has 2 aromatic carbocycles. The maximum atomic E-state index is 13.5. The van der Waals surface area contributed by atoms with Gasteiger partial charge in [0.05, 0.1) is 25.2 Å². The molecule has 1 aromatic heterocycles. The molecule has 8 atom stereocenters. The molecule has 15 heteroatoms. The summed E-state index contributed by atoms with van der Waals surface area (Å²) in [5, 5.41) is 89.5. The molecule has 0 radical (unpaired) electrons. The standard InChI is InChI=1S/C26H28O15/c27-7-16-18(32)19(33)20(34)24(40-16)41-22-17(31)12-5-13(29)14(30)6-15(12)39-21(22)10-1-3-11(4-2-10)38-25-23(35)26(36,8-28)9-37-25/h1-6,16,18-20,23-25,27-30,32-36H,7-9H2/t16-,18-,19+,20-,23+,24+,25+,26+/m1/s1. The lowest BCUT2D eigenvalue weighted by Gasteiger charge is -2.39. The number of fused-ring (bicyclic) bond motifs is 1. The van der Waals surface area contributed by atoms with Crippen LogP contribution in [0.2, 0.25) is 0 Å². The first-order valence-electron chi connectivity index (χ1n) is 12.4. The molecule has 2 fully saturated rings. The van der Waals surface area contributed by atoms with Crippen LogP contribution in [-0.2, 0) is 9.47 Å². The Labute approximate surface area is 230 Å². The number of aliphatic hydroxyl groups excluding tert-OH is 6. The number of hydrogen-bond donors (Lipinski definition) is 9. The van der Waals surface area contributed by atoms with Gasteiger partial charge in [0.15, 0.2) is 17.3 Å². The van der Waals surface area contributed by atoms with Crippen molar-refractivity contribution in [3.63, 3.8) is 0 Å². The van der Waals surface area contributed by atoms with Crippen LogP contribution in [0.5, 0.6) is 23.0 Å².